The lowest BCUT2D eigenvalue weighted by atomic mass is 10.0. The fraction of sp³-hybridized carbons (Fsp3) is 0.0455. The zero-order chi connectivity index (χ0) is 19.5. The number of nitrogens with zero attached hydrogens (tertiary/aromatic N) is 2. The first kappa shape index (κ1) is 17.9. The Bertz CT molecular complexity index is 1160. The Hall–Kier alpha value is -3.44. The van der Waals surface area contributed by atoms with Crippen LogP contribution < -0.4 is 10.1 Å². The molecule has 0 aliphatic heterocycles. The molecule has 28 heavy (non-hydrogen) atoms. The van der Waals surface area contributed by atoms with Gasteiger partial charge in [0.05, 0.1) is 28.9 Å². The van der Waals surface area contributed by atoms with Crippen LogP contribution >= 0.6 is 11.6 Å². The van der Waals surface area contributed by atoms with Crippen LogP contribution in [0.5, 0.6) is 5.75 Å². The van der Waals surface area contributed by atoms with Crippen molar-refractivity contribution in [3.05, 3.63) is 83.6 Å². The number of nitrogens with one attached hydrogen (secondary N) is 1. The van der Waals surface area contributed by atoms with Crippen LogP contribution in [0.3, 0.4) is 0 Å². The van der Waals surface area contributed by atoms with E-state index in [1.807, 2.05) is 36.4 Å². The number of halogens is 1. The first-order chi connectivity index (χ1) is 13.7. The third-order valence-electron chi connectivity index (χ3n) is 4.33. The molecule has 0 aliphatic rings. The zero-order valence-electron chi connectivity index (χ0n) is 15.0. The van der Waals surface area contributed by atoms with Crippen molar-refractivity contribution in [1.82, 2.24) is 9.97 Å². The lowest BCUT2D eigenvalue weighted by Gasteiger charge is -2.11. The Morgan fingerprint density at radius 1 is 1.07 bits per heavy atom. The monoisotopic (exact) mass is 389 g/mol. The molecule has 0 atom stereocenters. The summed E-state index contributed by atoms with van der Waals surface area (Å²) >= 11 is 6.17. The van der Waals surface area contributed by atoms with Crippen molar-refractivity contribution in [2.45, 2.75) is 0 Å². The summed E-state index contributed by atoms with van der Waals surface area (Å²) in [6, 6.07) is 18.2. The van der Waals surface area contributed by atoms with Gasteiger partial charge >= 0.3 is 0 Å². The second-order valence-corrected chi connectivity index (χ2v) is 6.52. The van der Waals surface area contributed by atoms with Gasteiger partial charge in [-0.25, -0.2) is 4.98 Å². The molecule has 4 aromatic rings. The Morgan fingerprint density at radius 3 is 2.68 bits per heavy atom. The number of anilines is 1. The molecule has 0 bridgehead atoms. The number of carbonyl (C=O) groups is 1. The largest absolute Gasteiger partial charge is 0.495 e. The molecule has 6 heteroatoms. The highest BCUT2D eigenvalue weighted by atomic mass is 35.5. The van der Waals surface area contributed by atoms with Gasteiger partial charge in [-0.2, -0.15) is 0 Å². The van der Waals surface area contributed by atoms with Crippen LogP contribution in [0.25, 0.3) is 22.2 Å². The summed E-state index contributed by atoms with van der Waals surface area (Å²) in [7, 11) is 1.54. The lowest BCUT2D eigenvalue weighted by molar-refractivity contribution is 0.102. The van der Waals surface area contributed by atoms with Crippen molar-refractivity contribution in [2.75, 3.05) is 12.4 Å². The van der Waals surface area contributed by atoms with Gasteiger partial charge < -0.3 is 10.1 Å². The van der Waals surface area contributed by atoms with Gasteiger partial charge in [0.2, 0.25) is 0 Å². The van der Waals surface area contributed by atoms with Crippen LogP contribution in [-0.2, 0) is 0 Å². The number of carbonyl (C=O) groups excluding carboxylic acids is 1. The van der Waals surface area contributed by atoms with E-state index in [0.29, 0.717) is 27.7 Å². The maximum Gasteiger partial charge on any atom is 0.256 e. The number of fused-ring (bicyclic) bond motifs is 1. The molecule has 0 aliphatic carbocycles. The van der Waals surface area contributed by atoms with E-state index in [1.165, 1.54) is 0 Å². The maximum absolute atomic E-state index is 13.0. The number of rotatable bonds is 4. The smallest absolute Gasteiger partial charge is 0.256 e. The van der Waals surface area contributed by atoms with Crippen LogP contribution in [0.2, 0.25) is 5.02 Å². The quantitative estimate of drug-likeness (QED) is 0.520. The standard InChI is InChI=1S/C22H16ClN3O2/c1-28-21-9-8-15(11-18(21)23)25-22(27)17-12-20(14-5-4-10-24-13-14)26-19-7-3-2-6-16(17)19/h2-13H,1H3,(H,25,27). The SMILES string of the molecule is COc1ccc(NC(=O)c2cc(-c3cccnc3)nc3ccccc23)cc1Cl. The fourth-order valence-corrected chi connectivity index (χ4v) is 3.23. The van der Waals surface area contributed by atoms with Crippen LogP contribution in [-0.4, -0.2) is 23.0 Å². The van der Waals surface area contributed by atoms with Gasteiger partial charge in [-0.05, 0) is 42.5 Å². The average Bonchev–Trinajstić information content (AvgIpc) is 2.73. The van der Waals surface area contributed by atoms with Gasteiger partial charge in [-0.1, -0.05) is 29.8 Å². The topological polar surface area (TPSA) is 64.1 Å². The van der Waals surface area contributed by atoms with E-state index in [4.69, 9.17) is 16.3 Å². The second kappa shape index (κ2) is 7.66. The molecular weight excluding hydrogens is 374 g/mol. The summed E-state index contributed by atoms with van der Waals surface area (Å²) in [6.45, 7) is 0. The van der Waals surface area contributed by atoms with Gasteiger partial charge in [-0.15, -0.1) is 0 Å². The molecule has 0 unspecified atom stereocenters. The number of pyridine rings is 2. The Morgan fingerprint density at radius 2 is 1.93 bits per heavy atom. The van der Waals surface area contributed by atoms with E-state index in [0.717, 1.165) is 16.5 Å². The minimum Gasteiger partial charge on any atom is -0.495 e. The molecule has 2 heterocycles. The summed E-state index contributed by atoms with van der Waals surface area (Å²) in [6.07, 6.45) is 3.42. The van der Waals surface area contributed by atoms with Crippen molar-refractivity contribution in [1.29, 1.82) is 0 Å². The molecule has 5 nitrogen and oxygen atoms in total. The number of amides is 1. The molecule has 0 saturated carbocycles. The van der Waals surface area contributed by atoms with Crippen molar-refractivity contribution in [3.63, 3.8) is 0 Å². The molecule has 0 fully saturated rings. The number of hydrogen-bond donors (Lipinski definition) is 1. The molecule has 138 valence electrons. The predicted octanol–water partition coefficient (Wildman–Crippen LogP) is 5.21. The third-order valence-corrected chi connectivity index (χ3v) is 4.62. The first-order valence-corrected chi connectivity index (χ1v) is 8.98. The summed E-state index contributed by atoms with van der Waals surface area (Å²) in [5.74, 6) is 0.304. The Kier molecular flexibility index (Phi) is 4.91. The lowest BCUT2D eigenvalue weighted by Crippen LogP contribution is -2.13. The van der Waals surface area contributed by atoms with Crippen molar-refractivity contribution >= 4 is 34.1 Å². The number of aromatic nitrogens is 2. The number of methoxy groups -OCH3 is 1. The molecule has 1 N–H and O–H groups in total. The zero-order valence-corrected chi connectivity index (χ0v) is 15.8. The minimum absolute atomic E-state index is 0.245. The number of ether oxygens (including phenoxy) is 1. The van der Waals surface area contributed by atoms with Gasteiger partial charge in [0.1, 0.15) is 5.75 Å². The van der Waals surface area contributed by atoms with Crippen molar-refractivity contribution < 1.29 is 9.53 Å². The molecule has 0 radical (unpaired) electrons. The van der Waals surface area contributed by atoms with Crippen LogP contribution in [0.15, 0.2) is 73.1 Å². The molecule has 1 amide bonds. The highest BCUT2D eigenvalue weighted by Gasteiger charge is 2.15. The molecule has 0 spiro atoms. The minimum atomic E-state index is -0.245. The van der Waals surface area contributed by atoms with E-state index in [1.54, 1.807) is 43.8 Å². The van der Waals surface area contributed by atoms with Crippen molar-refractivity contribution in [2.24, 2.45) is 0 Å². The highest BCUT2D eigenvalue weighted by molar-refractivity contribution is 6.32. The highest BCUT2D eigenvalue weighted by Crippen LogP contribution is 2.29. The van der Waals surface area contributed by atoms with E-state index in [2.05, 4.69) is 15.3 Å². The number of para-hydroxylation sites is 1. The van der Waals surface area contributed by atoms with Gasteiger partial charge in [-0.3, -0.25) is 9.78 Å². The predicted molar refractivity (Wildman–Crippen MR) is 111 cm³/mol. The first-order valence-electron chi connectivity index (χ1n) is 8.61. The van der Waals surface area contributed by atoms with Gasteiger partial charge in [0.15, 0.2) is 0 Å². The van der Waals surface area contributed by atoms with Crippen LogP contribution in [0.1, 0.15) is 10.4 Å². The normalized spacial score (nSPS) is 10.6. The Labute approximate surface area is 167 Å². The van der Waals surface area contributed by atoms with Gasteiger partial charge in [0, 0.05) is 29.0 Å². The molecule has 2 aromatic carbocycles. The van der Waals surface area contributed by atoms with Gasteiger partial charge in [0.25, 0.3) is 5.91 Å². The maximum atomic E-state index is 13.0. The summed E-state index contributed by atoms with van der Waals surface area (Å²) in [5.41, 5.74) is 3.37. The Balaban J connectivity index is 1.76. The third kappa shape index (κ3) is 3.52. The number of hydrogen-bond acceptors (Lipinski definition) is 4. The molecule has 0 saturated heterocycles. The fourth-order valence-electron chi connectivity index (χ4n) is 2.97. The number of benzene rings is 2. The van der Waals surface area contributed by atoms with Crippen molar-refractivity contribution in [3.8, 4) is 17.0 Å². The average molecular weight is 390 g/mol. The summed E-state index contributed by atoms with van der Waals surface area (Å²) < 4.78 is 5.15. The molecule has 2 aromatic heterocycles. The second-order valence-electron chi connectivity index (χ2n) is 6.12. The molecule has 4 rings (SSSR count). The van der Waals surface area contributed by atoms with Crippen LogP contribution in [0, 0.1) is 0 Å². The summed E-state index contributed by atoms with van der Waals surface area (Å²) in [5, 5.41) is 4.10. The van der Waals surface area contributed by atoms with E-state index < -0.39 is 0 Å². The summed E-state index contributed by atoms with van der Waals surface area (Å²) in [4.78, 5) is 21.9. The van der Waals surface area contributed by atoms with E-state index in [9.17, 15) is 4.79 Å². The van der Waals surface area contributed by atoms with E-state index in [-0.39, 0.29) is 5.91 Å². The van der Waals surface area contributed by atoms with E-state index >= 15 is 0 Å². The van der Waals surface area contributed by atoms with Crippen LogP contribution in [0.4, 0.5) is 5.69 Å². The molecular formula is C22H16ClN3O2.